The molecule has 2 rings (SSSR count). The van der Waals surface area contributed by atoms with E-state index in [1.807, 2.05) is 0 Å². The van der Waals surface area contributed by atoms with Gasteiger partial charge in [0.05, 0.1) is 6.61 Å². The van der Waals surface area contributed by atoms with Crippen molar-refractivity contribution in [1.29, 1.82) is 0 Å². The fourth-order valence-corrected chi connectivity index (χ4v) is 0.861. The van der Waals surface area contributed by atoms with Gasteiger partial charge in [0.2, 0.25) is 0 Å². The highest BCUT2D eigenvalue weighted by molar-refractivity contribution is 5.77. The first-order valence-corrected chi connectivity index (χ1v) is 3.59. The van der Waals surface area contributed by atoms with Gasteiger partial charge in [-0.05, 0) is 12.3 Å². The molecule has 10 heavy (non-hydrogen) atoms. The van der Waals surface area contributed by atoms with Crippen LogP contribution in [0.5, 0.6) is 0 Å². The fraction of sp³-hybridized carbons (Fsp3) is 0.857. The van der Waals surface area contributed by atoms with Crippen LogP contribution >= 0.6 is 0 Å². The summed E-state index contributed by atoms with van der Waals surface area (Å²) < 4.78 is 9.79. The summed E-state index contributed by atoms with van der Waals surface area (Å²) in [5.41, 5.74) is 0. The molecule has 1 aliphatic carbocycles. The van der Waals surface area contributed by atoms with Gasteiger partial charge in [-0.3, -0.25) is 0 Å². The van der Waals surface area contributed by atoms with Crippen LogP contribution in [-0.4, -0.2) is 24.8 Å². The number of carbonyl (C=O) groups excluding carboxylic acids is 1. The maximum atomic E-state index is 10.9. The minimum atomic E-state index is -0.229. The summed E-state index contributed by atoms with van der Waals surface area (Å²) in [6, 6.07) is 0. The second-order valence-corrected chi connectivity index (χ2v) is 3.01. The van der Waals surface area contributed by atoms with Gasteiger partial charge in [0, 0.05) is 0 Å². The Morgan fingerprint density at radius 3 is 2.70 bits per heavy atom. The lowest BCUT2D eigenvalue weighted by atomic mass is 10.5. The number of esters is 1. The lowest BCUT2D eigenvalue weighted by molar-refractivity contribution is -0.146. The predicted octanol–water partition coefficient (Wildman–Crippen LogP) is 0.337. The zero-order valence-corrected chi connectivity index (χ0v) is 5.87. The third kappa shape index (κ3) is 1.14. The van der Waals surface area contributed by atoms with Crippen molar-refractivity contribution >= 4 is 5.97 Å². The highest BCUT2D eigenvalue weighted by Crippen LogP contribution is 2.33. The van der Waals surface area contributed by atoms with E-state index in [1.165, 1.54) is 0 Å². The molecule has 2 aliphatic rings. The van der Waals surface area contributed by atoms with Gasteiger partial charge in [0.15, 0.2) is 6.10 Å². The molecular weight excluding hydrogens is 132 g/mol. The summed E-state index contributed by atoms with van der Waals surface area (Å²) in [4.78, 5) is 10.9. The highest BCUT2D eigenvalue weighted by Gasteiger charge is 2.41. The van der Waals surface area contributed by atoms with Crippen molar-refractivity contribution < 1.29 is 14.3 Å². The highest BCUT2D eigenvalue weighted by atomic mass is 16.6. The summed E-state index contributed by atoms with van der Waals surface area (Å²) in [6.07, 6.45) is 0.989. The Labute approximate surface area is 59.3 Å². The van der Waals surface area contributed by atoms with Crippen LogP contribution < -0.4 is 0 Å². The van der Waals surface area contributed by atoms with Gasteiger partial charge in [0.1, 0.15) is 6.10 Å². The molecule has 56 valence electrons. The number of hydrogen-bond donors (Lipinski definition) is 0. The smallest absolute Gasteiger partial charge is 0.337 e. The predicted molar refractivity (Wildman–Crippen MR) is 33.4 cm³/mol. The summed E-state index contributed by atoms with van der Waals surface area (Å²) in [6.45, 7) is 2.63. The van der Waals surface area contributed by atoms with Crippen LogP contribution in [0.15, 0.2) is 0 Å². The van der Waals surface area contributed by atoms with E-state index in [1.54, 1.807) is 0 Å². The van der Waals surface area contributed by atoms with Gasteiger partial charge in [-0.2, -0.15) is 0 Å². The van der Waals surface area contributed by atoms with Crippen molar-refractivity contribution in [2.75, 3.05) is 6.61 Å². The Morgan fingerprint density at radius 2 is 2.30 bits per heavy atom. The van der Waals surface area contributed by atoms with E-state index < -0.39 is 0 Å². The molecule has 0 N–H and O–H groups in total. The van der Waals surface area contributed by atoms with Crippen LogP contribution in [0.3, 0.4) is 0 Å². The van der Waals surface area contributed by atoms with Gasteiger partial charge < -0.3 is 9.47 Å². The zero-order chi connectivity index (χ0) is 7.14. The van der Waals surface area contributed by atoms with Crippen LogP contribution in [0.2, 0.25) is 0 Å². The number of ether oxygens (including phenoxy) is 2. The second-order valence-electron chi connectivity index (χ2n) is 3.01. The van der Waals surface area contributed by atoms with Gasteiger partial charge in [0.25, 0.3) is 0 Å². The van der Waals surface area contributed by atoms with Crippen molar-refractivity contribution in [1.82, 2.24) is 0 Å². The second kappa shape index (κ2) is 1.95. The Hall–Kier alpha value is -0.570. The Morgan fingerprint density at radius 1 is 1.70 bits per heavy atom. The fourth-order valence-electron chi connectivity index (χ4n) is 0.861. The third-order valence-electron chi connectivity index (χ3n) is 1.90. The zero-order valence-electron chi connectivity index (χ0n) is 5.87. The van der Waals surface area contributed by atoms with Crippen LogP contribution in [-0.2, 0) is 14.3 Å². The Bertz CT molecular complexity index is 162. The number of epoxide rings is 1. The molecule has 1 saturated carbocycles. The van der Waals surface area contributed by atoms with E-state index in [0.717, 1.165) is 6.42 Å². The van der Waals surface area contributed by atoms with E-state index >= 15 is 0 Å². The van der Waals surface area contributed by atoms with Crippen LogP contribution in [0.25, 0.3) is 0 Å². The van der Waals surface area contributed by atoms with Crippen molar-refractivity contribution in [2.45, 2.75) is 25.6 Å². The normalized spacial score (nSPS) is 42.7. The SMILES string of the molecule is CC1CC1OC(=O)C1CO1. The summed E-state index contributed by atoms with van der Waals surface area (Å²) in [5, 5.41) is 0. The summed E-state index contributed by atoms with van der Waals surface area (Å²) >= 11 is 0. The van der Waals surface area contributed by atoms with Crippen LogP contribution in [0.4, 0.5) is 0 Å². The number of hydrogen-bond acceptors (Lipinski definition) is 3. The van der Waals surface area contributed by atoms with Gasteiger partial charge in [-0.15, -0.1) is 0 Å². The van der Waals surface area contributed by atoms with Gasteiger partial charge in [-0.25, -0.2) is 4.79 Å². The quantitative estimate of drug-likeness (QED) is 0.412. The van der Waals surface area contributed by atoms with Crippen LogP contribution in [0.1, 0.15) is 13.3 Å². The molecular formula is C7H10O3. The van der Waals surface area contributed by atoms with Crippen molar-refractivity contribution in [2.24, 2.45) is 5.92 Å². The van der Waals surface area contributed by atoms with Gasteiger partial charge in [-0.1, -0.05) is 6.92 Å². The minimum absolute atomic E-state index is 0.172. The Kier molecular flexibility index (Phi) is 1.20. The molecule has 3 unspecified atom stereocenters. The van der Waals surface area contributed by atoms with Gasteiger partial charge >= 0.3 is 5.97 Å². The average Bonchev–Trinajstić information content (AvgIpc) is 2.66. The Balaban J connectivity index is 1.74. The minimum Gasteiger partial charge on any atom is -0.460 e. The van der Waals surface area contributed by atoms with E-state index in [2.05, 4.69) is 6.92 Å². The first-order valence-electron chi connectivity index (χ1n) is 3.59. The molecule has 0 aromatic rings. The lowest BCUT2D eigenvalue weighted by Crippen LogP contribution is -2.13. The molecule has 0 aromatic carbocycles. The van der Waals surface area contributed by atoms with E-state index in [4.69, 9.17) is 9.47 Å². The first kappa shape index (κ1) is 6.16. The third-order valence-corrected chi connectivity index (χ3v) is 1.90. The molecule has 0 radical (unpaired) electrons. The molecule has 0 amide bonds. The molecule has 3 nitrogen and oxygen atoms in total. The van der Waals surface area contributed by atoms with Crippen LogP contribution in [0, 0.1) is 5.92 Å². The van der Waals surface area contributed by atoms with E-state index in [0.29, 0.717) is 12.5 Å². The average molecular weight is 142 g/mol. The van der Waals surface area contributed by atoms with E-state index in [9.17, 15) is 4.79 Å². The number of rotatable bonds is 2. The topological polar surface area (TPSA) is 38.8 Å². The molecule has 0 aromatic heterocycles. The summed E-state index contributed by atoms with van der Waals surface area (Å²) in [7, 11) is 0. The molecule has 3 atom stereocenters. The monoisotopic (exact) mass is 142 g/mol. The molecule has 1 aliphatic heterocycles. The first-order chi connectivity index (χ1) is 4.77. The molecule has 1 heterocycles. The van der Waals surface area contributed by atoms with Crippen molar-refractivity contribution in [3.63, 3.8) is 0 Å². The molecule has 1 saturated heterocycles. The summed E-state index contributed by atoms with van der Waals surface area (Å²) in [5.74, 6) is 0.400. The maximum absolute atomic E-state index is 10.9. The number of carbonyl (C=O) groups is 1. The largest absolute Gasteiger partial charge is 0.460 e. The molecule has 0 spiro atoms. The standard InChI is InChI=1S/C7H10O3/c1-4-2-5(4)10-7(8)6-3-9-6/h4-6H,2-3H2,1H3. The van der Waals surface area contributed by atoms with Crippen molar-refractivity contribution in [3.8, 4) is 0 Å². The maximum Gasteiger partial charge on any atom is 0.337 e. The molecule has 2 fully saturated rings. The molecule has 0 bridgehead atoms. The molecule has 3 heteroatoms. The lowest BCUT2D eigenvalue weighted by Gasteiger charge is -1.97. The van der Waals surface area contributed by atoms with Crippen molar-refractivity contribution in [3.05, 3.63) is 0 Å². The van der Waals surface area contributed by atoms with E-state index in [-0.39, 0.29) is 18.2 Å².